The lowest BCUT2D eigenvalue weighted by Gasteiger charge is -2.20. The molecule has 0 aliphatic rings. The van der Waals surface area contributed by atoms with E-state index >= 15 is 0 Å². The fraction of sp³-hybridized carbons (Fsp3) is 0.235. The number of aromatic nitrogens is 1. The average molecular weight is 237 g/mol. The maximum absolute atomic E-state index is 4.22. The first-order valence-corrected chi connectivity index (χ1v) is 6.37. The minimum absolute atomic E-state index is 0.268. The van der Waals surface area contributed by atoms with Crippen molar-refractivity contribution in [3.05, 3.63) is 77.6 Å². The van der Waals surface area contributed by atoms with E-state index in [1.807, 2.05) is 18.5 Å². The van der Waals surface area contributed by atoms with Crippen molar-refractivity contribution in [1.82, 2.24) is 4.98 Å². The Hall–Kier alpha value is -1.89. The molecule has 0 fully saturated rings. The number of pyridine rings is 1. The van der Waals surface area contributed by atoms with Crippen molar-refractivity contribution in [3.8, 4) is 0 Å². The largest absolute Gasteiger partial charge is 0.264 e. The summed E-state index contributed by atoms with van der Waals surface area (Å²) in [5.41, 5.74) is 5.09. The van der Waals surface area contributed by atoms with Crippen molar-refractivity contribution in [2.75, 3.05) is 0 Å². The third kappa shape index (κ3) is 2.51. The molecule has 18 heavy (non-hydrogen) atoms. The summed E-state index contributed by atoms with van der Waals surface area (Å²) in [4.78, 5) is 4.22. The van der Waals surface area contributed by atoms with Gasteiger partial charge in [0.25, 0.3) is 0 Å². The maximum atomic E-state index is 4.22. The topological polar surface area (TPSA) is 12.9 Å². The Morgan fingerprint density at radius 1 is 1.22 bits per heavy atom. The van der Waals surface area contributed by atoms with Gasteiger partial charge in [-0.3, -0.25) is 4.98 Å². The van der Waals surface area contributed by atoms with Crippen LogP contribution in [-0.2, 0) is 6.42 Å². The van der Waals surface area contributed by atoms with Gasteiger partial charge in [0.15, 0.2) is 0 Å². The highest BCUT2D eigenvalue weighted by molar-refractivity contribution is 5.42. The van der Waals surface area contributed by atoms with Crippen LogP contribution in [0.1, 0.15) is 36.5 Å². The molecule has 92 valence electrons. The normalized spacial score (nSPS) is 12.1. The molecular formula is C17H19N. The van der Waals surface area contributed by atoms with Crippen LogP contribution in [0.4, 0.5) is 0 Å². The Bertz CT molecular complexity index is 528. The zero-order valence-corrected chi connectivity index (χ0v) is 11.1. The van der Waals surface area contributed by atoms with Gasteiger partial charge in [-0.05, 0) is 36.1 Å². The highest BCUT2D eigenvalue weighted by Gasteiger charge is 2.17. The minimum atomic E-state index is 0.268. The lowest BCUT2D eigenvalue weighted by atomic mass is 9.84. The Morgan fingerprint density at radius 2 is 1.94 bits per heavy atom. The molecule has 1 heteroatoms. The lowest BCUT2D eigenvalue weighted by molar-refractivity contribution is 0.909. The van der Waals surface area contributed by atoms with Crippen LogP contribution in [0.2, 0.25) is 0 Å². The molecule has 1 unspecified atom stereocenters. The molecule has 0 N–H and O–H groups in total. The summed E-state index contributed by atoms with van der Waals surface area (Å²) >= 11 is 0. The van der Waals surface area contributed by atoms with Crippen LogP contribution < -0.4 is 0 Å². The fourth-order valence-corrected chi connectivity index (χ4v) is 2.39. The van der Waals surface area contributed by atoms with Gasteiger partial charge in [0.05, 0.1) is 0 Å². The van der Waals surface area contributed by atoms with Crippen molar-refractivity contribution in [2.24, 2.45) is 0 Å². The molecule has 0 saturated heterocycles. The van der Waals surface area contributed by atoms with Crippen molar-refractivity contribution in [3.63, 3.8) is 0 Å². The predicted molar refractivity (Wildman–Crippen MR) is 76.7 cm³/mol. The summed E-state index contributed by atoms with van der Waals surface area (Å²) in [5.74, 6) is 0.268. The number of nitrogens with zero attached hydrogens (tertiary/aromatic N) is 1. The maximum Gasteiger partial charge on any atom is 0.0302 e. The lowest BCUT2D eigenvalue weighted by Crippen LogP contribution is -2.05. The molecule has 0 bridgehead atoms. The Kier molecular flexibility index (Phi) is 3.93. The molecule has 0 aliphatic carbocycles. The second-order valence-electron chi connectivity index (χ2n) is 4.62. The van der Waals surface area contributed by atoms with E-state index in [1.165, 1.54) is 22.3 Å². The number of benzene rings is 1. The van der Waals surface area contributed by atoms with Crippen molar-refractivity contribution in [2.45, 2.75) is 26.2 Å². The Morgan fingerprint density at radius 3 is 2.56 bits per heavy atom. The first-order valence-electron chi connectivity index (χ1n) is 6.37. The second-order valence-corrected chi connectivity index (χ2v) is 4.62. The van der Waals surface area contributed by atoms with E-state index in [2.05, 4.69) is 55.7 Å². The van der Waals surface area contributed by atoms with Crippen LogP contribution in [0.5, 0.6) is 0 Å². The van der Waals surface area contributed by atoms with Crippen LogP contribution in [0.25, 0.3) is 0 Å². The van der Waals surface area contributed by atoms with Crippen LogP contribution in [0, 0.1) is 0 Å². The van der Waals surface area contributed by atoms with Gasteiger partial charge in [-0.2, -0.15) is 0 Å². The van der Waals surface area contributed by atoms with E-state index in [9.17, 15) is 0 Å². The second kappa shape index (κ2) is 5.63. The van der Waals surface area contributed by atoms with E-state index in [1.54, 1.807) is 0 Å². The van der Waals surface area contributed by atoms with Crippen LogP contribution in [-0.4, -0.2) is 4.98 Å². The minimum Gasteiger partial charge on any atom is -0.264 e. The molecule has 2 rings (SSSR count). The number of aryl methyl sites for hydroxylation is 1. The van der Waals surface area contributed by atoms with Gasteiger partial charge in [0.2, 0.25) is 0 Å². The number of rotatable bonds is 4. The van der Waals surface area contributed by atoms with E-state index in [4.69, 9.17) is 0 Å². The third-order valence-electron chi connectivity index (χ3n) is 3.26. The van der Waals surface area contributed by atoms with Gasteiger partial charge in [-0.1, -0.05) is 49.4 Å². The molecular weight excluding hydrogens is 218 g/mol. The first-order chi connectivity index (χ1) is 8.74. The number of hydrogen-bond donors (Lipinski definition) is 0. The van der Waals surface area contributed by atoms with Gasteiger partial charge < -0.3 is 0 Å². The summed E-state index contributed by atoms with van der Waals surface area (Å²) in [6, 6.07) is 12.7. The first kappa shape index (κ1) is 12.6. The third-order valence-corrected chi connectivity index (χ3v) is 3.26. The van der Waals surface area contributed by atoms with Crippen molar-refractivity contribution < 1.29 is 0 Å². The average Bonchev–Trinajstić information content (AvgIpc) is 2.40. The molecule has 0 aliphatic heterocycles. The molecule has 2 aromatic rings. The van der Waals surface area contributed by atoms with Crippen LogP contribution in [0.15, 0.2) is 60.9 Å². The molecule has 1 atom stereocenters. The quantitative estimate of drug-likeness (QED) is 0.720. The number of hydrogen-bond acceptors (Lipinski definition) is 1. The molecule has 1 aromatic heterocycles. The van der Waals surface area contributed by atoms with Crippen LogP contribution in [0.3, 0.4) is 0 Å². The van der Waals surface area contributed by atoms with Gasteiger partial charge in [-0.15, -0.1) is 0 Å². The predicted octanol–water partition coefficient (Wildman–Crippen LogP) is 4.35. The Labute approximate surface area is 109 Å². The van der Waals surface area contributed by atoms with Crippen LogP contribution >= 0.6 is 0 Å². The summed E-state index contributed by atoms with van der Waals surface area (Å²) < 4.78 is 0. The molecule has 1 nitrogen and oxygen atoms in total. The zero-order chi connectivity index (χ0) is 13.0. The monoisotopic (exact) mass is 237 g/mol. The molecule has 1 heterocycles. The molecule has 1 aromatic carbocycles. The van der Waals surface area contributed by atoms with Gasteiger partial charge in [0.1, 0.15) is 0 Å². The van der Waals surface area contributed by atoms with E-state index in [0.29, 0.717) is 0 Å². The standard InChI is InChI=1S/C17H19N/c1-4-14-12-18-11-10-16(14)17(13(2)3)15-8-6-5-7-9-15/h5-12,17H,2,4H2,1,3H3. The molecule has 0 radical (unpaired) electrons. The van der Waals surface area contributed by atoms with E-state index in [0.717, 1.165) is 6.42 Å². The zero-order valence-electron chi connectivity index (χ0n) is 11.1. The highest BCUT2D eigenvalue weighted by atomic mass is 14.6. The summed E-state index contributed by atoms with van der Waals surface area (Å²) in [6.07, 6.45) is 4.83. The summed E-state index contributed by atoms with van der Waals surface area (Å²) in [7, 11) is 0. The molecule has 0 spiro atoms. The highest BCUT2D eigenvalue weighted by Crippen LogP contribution is 2.32. The summed E-state index contributed by atoms with van der Waals surface area (Å²) in [5, 5.41) is 0. The van der Waals surface area contributed by atoms with Gasteiger partial charge in [-0.25, -0.2) is 0 Å². The van der Waals surface area contributed by atoms with Crippen molar-refractivity contribution in [1.29, 1.82) is 0 Å². The Balaban J connectivity index is 2.52. The number of allylic oxidation sites excluding steroid dienone is 1. The van der Waals surface area contributed by atoms with E-state index < -0.39 is 0 Å². The van der Waals surface area contributed by atoms with Gasteiger partial charge in [0, 0.05) is 18.3 Å². The summed E-state index contributed by atoms with van der Waals surface area (Å²) in [6.45, 7) is 8.43. The van der Waals surface area contributed by atoms with Crippen molar-refractivity contribution >= 4 is 0 Å². The molecule has 0 saturated carbocycles. The fourth-order valence-electron chi connectivity index (χ4n) is 2.39. The smallest absolute Gasteiger partial charge is 0.0302 e. The van der Waals surface area contributed by atoms with E-state index in [-0.39, 0.29) is 5.92 Å². The SMILES string of the molecule is C=C(C)C(c1ccccc1)c1ccncc1CC. The van der Waals surface area contributed by atoms with Gasteiger partial charge >= 0.3 is 0 Å². The molecule has 0 amide bonds.